The number of nitrogens with zero attached hydrogens (tertiary/aromatic N) is 3. The lowest BCUT2D eigenvalue weighted by Gasteiger charge is -2.38. The van der Waals surface area contributed by atoms with Crippen LogP contribution in [0.4, 0.5) is 0 Å². The maximum absolute atomic E-state index is 12.4. The van der Waals surface area contributed by atoms with E-state index in [9.17, 15) is 9.59 Å². The Morgan fingerprint density at radius 2 is 1.71 bits per heavy atom. The summed E-state index contributed by atoms with van der Waals surface area (Å²) in [5.74, 6) is 0.0453. The van der Waals surface area contributed by atoms with E-state index in [2.05, 4.69) is 11.0 Å². The Morgan fingerprint density at radius 3 is 2.48 bits per heavy atom. The van der Waals surface area contributed by atoms with Crippen LogP contribution in [-0.2, 0) is 9.59 Å². The Kier molecular flexibility index (Phi) is 4.29. The van der Waals surface area contributed by atoms with Crippen molar-refractivity contribution in [3.05, 3.63) is 11.6 Å². The van der Waals surface area contributed by atoms with Crippen molar-refractivity contribution in [2.24, 2.45) is 5.92 Å². The molecular weight excluding hydrogens is 266 g/mol. The van der Waals surface area contributed by atoms with E-state index in [-0.39, 0.29) is 11.8 Å². The number of piperidine rings is 1. The van der Waals surface area contributed by atoms with Gasteiger partial charge in [0.05, 0.1) is 0 Å². The molecule has 1 atom stereocenters. The summed E-state index contributed by atoms with van der Waals surface area (Å²) in [6, 6.07) is 0. The molecule has 116 valence electrons. The monoisotopic (exact) mass is 291 g/mol. The van der Waals surface area contributed by atoms with Crippen molar-refractivity contribution in [1.29, 1.82) is 0 Å². The summed E-state index contributed by atoms with van der Waals surface area (Å²) in [7, 11) is 2.05. The number of carbonyl (C=O) groups is 2. The van der Waals surface area contributed by atoms with Crippen molar-refractivity contribution in [2.45, 2.75) is 25.7 Å². The molecule has 5 heteroatoms. The number of hydrogen-bond acceptors (Lipinski definition) is 3. The van der Waals surface area contributed by atoms with Gasteiger partial charge in [-0.25, -0.2) is 0 Å². The Balaban J connectivity index is 1.60. The van der Waals surface area contributed by atoms with E-state index in [1.54, 1.807) is 9.80 Å². The smallest absolute Gasteiger partial charge is 0.312 e. The topological polar surface area (TPSA) is 43.9 Å². The molecule has 21 heavy (non-hydrogen) atoms. The molecule has 2 saturated heterocycles. The molecule has 2 amide bonds. The van der Waals surface area contributed by atoms with Crippen molar-refractivity contribution in [3.63, 3.8) is 0 Å². The fourth-order valence-corrected chi connectivity index (χ4v) is 3.59. The van der Waals surface area contributed by atoms with Gasteiger partial charge in [-0.1, -0.05) is 11.6 Å². The molecule has 1 aliphatic carbocycles. The molecule has 0 spiro atoms. The Labute approximate surface area is 126 Å². The minimum Gasteiger partial charge on any atom is -0.332 e. The van der Waals surface area contributed by atoms with E-state index < -0.39 is 0 Å². The first-order valence-corrected chi connectivity index (χ1v) is 8.11. The van der Waals surface area contributed by atoms with Crippen molar-refractivity contribution in [2.75, 3.05) is 46.3 Å². The summed E-state index contributed by atoms with van der Waals surface area (Å²) in [6.45, 7) is 4.45. The van der Waals surface area contributed by atoms with Gasteiger partial charge in [0.15, 0.2) is 0 Å². The first-order chi connectivity index (χ1) is 10.1. The predicted molar refractivity (Wildman–Crippen MR) is 80.7 cm³/mol. The molecule has 0 aromatic heterocycles. The first-order valence-electron chi connectivity index (χ1n) is 8.11. The molecule has 3 aliphatic rings. The number of allylic oxidation sites excluding steroid dienone is 1. The standard InChI is InChI=1S/C16H25N3O2/c1-17-8-10-18(11-9-17)15(20)16(21)19-7-6-13-4-2-3-5-14(13)12-19/h5,13H,2-4,6-12H2,1H3. The Morgan fingerprint density at radius 1 is 1.00 bits per heavy atom. The van der Waals surface area contributed by atoms with Crippen LogP contribution in [0.2, 0.25) is 0 Å². The van der Waals surface area contributed by atoms with Gasteiger partial charge in [-0.15, -0.1) is 0 Å². The average Bonchev–Trinajstić information content (AvgIpc) is 2.54. The van der Waals surface area contributed by atoms with Gasteiger partial charge < -0.3 is 14.7 Å². The maximum atomic E-state index is 12.4. The van der Waals surface area contributed by atoms with Gasteiger partial charge in [0, 0.05) is 39.3 Å². The second-order valence-corrected chi connectivity index (χ2v) is 6.52. The molecule has 1 unspecified atom stereocenters. The van der Waals surface area contributed by atoms with E-state index in [0.29, 0.717) is 25.6 Å². The fourth-order valence-electron chi connectivity index (χ4n) is 3.59. The number of piperazine rings is 1. The third-order valence-electron chi connectivity index (χ3n) is 5.07. The largest absolute Gasteiger partial charge is 0.332 e. The summed E-state index contributed by atoms with van der Waals surface area (Å²) in [6.07, 6.45) is 6.95. The van der Waals surface area contributed by atoms with Crippen LogP contribution in [0.5, 0.6) is 0 Å². The highest BCUT2D eigenvalue weighted by Gasteiger charge is 2.33. The number of fused-ring (bicyclic) bond motifs is 1. The number of likely N-dealkylation sites (tertiary alicyclic amines) is 1. The average molecular weight is 291 g/mol. The third kappa shape index (κ3) is 3.12. The van der Waals surface area contributed by atoms with E-state index >= 15 is 0 Å². The van der Waals surface area contributed by atoms with Gasteiger partial charge in [-0.3, -0.25) is 9.59 Å². The van der Waals surface area contributed by atoms with Crippen LogP contribution in [0, 0.1) is 5.92 Å². The molecule has 0 aromatic rings. The van der Waals surface area contributed by atoms with Gasteiger partial charge in [-0.2, -0.15) is 0 Å². The van der Waals surface area contributed by atoms with E-state index in [1.807, 2.05) is 7.05 Å². The van der Waals surface area contributed by atoms with Crippen LogP contribution >= 0.6 is 0 Å². The van der Waals surface area contributed by atoms with Gasteiger partial charge in [0.1, 0.15) is 0 Å². The molecule has 0 aromatic carbocycles. The van der Waals surface area contributed by atoms with E-state index in [0.717, 1.165) is 32.5 Å². The molecule has 2 heterocycles. The molecule has 0 N–H and O–H groups in total. The van der Waals surface area contributed by atoms with E-state index in [4.69, 9.17) is 0 Å². The highest BCUT2D eigenvalue weighted by Crippen LogP contribution is 2.31. The lowest BCUT2D eigenvalue weighted by atomic mass is 9.82. The molecule has 0 saturated carbocycles. The normalized spacial score (nSPS) is 27.1. The predicted octanol–water partition coefficient (Wildman–Crippen LogP) is 0.719. The van der Waals surface area contributed by atoms with Gasteiger partial charge in [0.25, 0.3) is 0 Å². The second kappa shape index (κ2) is 6.18. The minimum absolute atomic E-state index is 0.301. The first kappa shape index (κ1) is 14.6. The summed E-state index contributed by atoms with van der Waals surface area (Å²) in [5.41, 5.74) is 1.38. The van der Waals surface area contributed by atoms with Crippen molar-refractivity contribution in [3.8, 4) is 0 Å². The van der Waals surface area contributed by atoms with Crippen LogP contribution in [0.3, 0.4) is 0 Å². The van der Waals surface area contributed by atoms with Crippen LogP contribution < -0.4 is 0 Å². The van der Waals surface area contributed by atoms with Crippen LogP contribution in [0.15, 0.2) is 11.6 Å². The molecule has 3 rings (SSSR count). The lowest BCUT2D eigenvalue weighted by molar-refractivity contribution is -0.153. The van der Waals surface area contributed by atoms with Gasteiger partial charge >= 0.3 is 11.8 Å². The molecule has 2 fully saturated rings. The zero-order chi connectivity index (χ0) is 14.8. The summed E-state index contributed by atoms with van der Waals surface area (Å²) >= 11 is 0. The SMILES string of the molecule is CN1CCN(C(=O)C(=O)N2CCC3CCCC=C3C2)CC1. The summed E-state index contributed by atoms with van der Waals surface area (Å²) in [4.78, 5) is 30.5. The number of rotatable bonds is 0. The number of likely N-dealkylation sites (N-methyl/N-ethyl adjacent to an activating group) is 1. The zero-order valence-electron chi connectivity index (χ0n) is 12.9. The van der Waals surface area contributed by atoms with Crippen LogP contribution in [0.25, 0.3) is 0 Å². The van der Waals surface area contributed by atoms with Crippen molar-refractivity contribution < 1.29 is 9.59 Å². The van der Waals surface area contributed by atoms with Crippen molar-refractivity contribution in [1.82, 2.24) is 14.7 Å². The van der Waals surface area contributed by atoms with E-state index in [1.165, 1.54) is 18.4 Å². The maximum Gasteiger partial charge on any atom is 0.312 e. The summed E-state index contributed by atoms with van der Waals surface area (Å²) in [5, 5.41) is 0. The number of amides is 2. The minimum atomic E-state index is -0.307. The van der Waals surface area contributed by atoms with Crippen LogP contribution in [0.1, 0.15) is 25.7 Å². The molecule has 2 aliphatic heterocycles. The summed E-state index contributed by atoms with van der Waals surface area (Å²) < 4.78 is 0. The molecular formula is C16H25N3O2. The third-order valence-corrected chi connectivity index (χ3v) is 5.07. The number of hydrogen-bond donors (Lipinski definition) is 0. The highest BCUT2D eigenvalue weighted by molar-refractivity contribution is 6.35. The second-order valence-electron chi connectivity index (χ2n) is 6.52. The van der Waals surface area contributed by atoms with Crippen LogP contribution in [-0.4, -0.2) is 72.8 Å². The Bertz CT molecular complexity index is 452. The quantitative estimate of drug-likeness (QED) is 0.488. The van der Waals surface area contributed by atoms with Gasteiger partial charge in [-0.05, 0) is 38.6 Å². The highest BCUT2D eigenvalue weighted by atomic mass is 16.2. The van der Waals surface area contributed by atoms with Crippen molar-refractivity contribution >= 4 is 11.8 Å². The lowest BCUT2D eigenvalue weighted by Crippen LogP contribution is -2.53. The zero-order valence-corrected chi connectivity index (χ0v) is 12.9. The molecule has 0 bridgehead atoms. The van der Waals surface area contributed by atoms with Gasteiger partial charge in [0.2, 0.25) is 0 Å². The molecule has 0 radical (unpaired) electrons. The Hall–Kier alpha value is -1.36. The fraction of sp³-hybridized carbons (Fsp3) is 0.750. The number of carbonyl (C=O) groups excluding carboxylic acids is 2. The molecule has 5 nitrogen and oxygen atoms in total.